The molecule has 0 radical (unpaired) electrons. The molecule has 1 aliphatic rings. The van der Waals surface area contributed by atoms with Gasteiger partial charge >= 0.3 is 0 Å². The second-order valence-electron chi connectivity index (χ2n) is 3.78. The molecule has 5 heteroatoms. The fourth-order valence-electron chi connectivity index (χ4n) is 1.88. The summed E-state index contributed by atoms with van der Waals surface area (Å²) in [5, 5.41) is 2.79. The summed E-state index contributed by atoms with van der Waals surface area (Å²) in [6.07, 6.45) is 2.12. The van der Waals surface area contributed by atoms with Gasteiger partial charge in [0.1, 0.15) is 0 Å². The maximum atomic E-state index is 11.2. The van der Waals surface area contributed by atoms with Gasteiger partial charge in [-0.1, -0.05) is 6.07 Å². The van der Waals surface area contributed by atoms with Gasteiger partial charge in [0.2, 0.25) is 5.91 Å². The Hall–Kier alpha value is -2.30. The van der Waals surface area contributed by atoms with Gasteiger partial charge in [-0.2, -0.15) is 0 Å². The van der Waals surface area contributed by atoms with Gasteiger partial charge < -0.3 is 16.0 Å². The van der Waals surface area contributed by atoms with E-state index in [-0.39, 0.29) is 5.91 Å². The number of nitrogens with one attached hydrogen (secondary N) is 2. The number of nitrogens with zero attached hydrogens (tertiary/aromatic N) is 1. The van der Waals surface area contributed by atoms with E-state index in [1.807, 2.05) is 18.2 Å². The van der Waals surface area contributed by atoms with Gasteiger partial charge in [-0.15, -0.1) is 0 Å². The summed E-state index contributed by atoms with van der Waals surface area (Å²) in [6, 6.07) is 5.80. The van der Waals surface area contributed by atoms with Crippen molar-refractivity contribution in [3.8, 4) is 11.3 Å². The lowest BCUT2D eigenvalue weighted by Gasteiger charge is -2.01. The SMILES string of the molecule is Nc1ncc(-c2ccc3c(c2)CC(=O)N3)[nH]1. The molecular weight excluding hydrogens is 204 g/mol. The largest absolute Gasteiger partial charge is 0.369 e. The molecule has 1 aliphatic heterocycles. The average molecular weight is 214 g/mol. The molecule has 2 heterocycles. The molecule has 0 unspecified atom stereocenters. The smallest absolute Gasteiger partial charge is 0.228 e. The lowest BCUT2D eigenvalue weighted by atomic mass is 10.1. The van der Waals surface area contributed by atoms with Crippen molar-refractivity contribution in [1.82, 2.24) is 9.97 Å². The van der Waals surface area contributed by atoms with Gasteiger partial charge in [0.05, 0.1) is 18.3 Å². The fourth-order valence-corrected chi connectivity index (χ4v) is 1.88. The van der Waals surface area contributed by atoms with Crippen LogP contribution >= 0.6 is 0 Å². The molecule has 2 aromatic rings. The number of nitrogens with two attached hydrogens (primary N) is 1. The zero-order chi connectivity index (χ0) is 11.1. The molecule has 0 spiro atoms. The lowest BCUT2D eigenvalue weighted by Crippen LogP contribution is -2.03. The van der Waals surface area contributed by atoms with Gasteiger partial charge in [-0.25, -0.2) is 4.98 Å². The number of carbonyl (C=O) groups excluding carboxylic acids is 1. The maximum Gasteiger partial charge on any atom is 0.228 e. The van der Waals surface area contributed by atoms with Crippen molar-refractivity contribution < 1.29 is 4.79 Å². The van der Waals surface area contributed by atoms with E-state index in [2.05, 4.69) is 15.3 Å². The van der Waals surface area contributed by atoms with Crippen LogP contribution in [-0.4, -0.2) is 15.9 Å². The maximum absolute atomic E-state index is 11.2. The Kier molecular flexibility index (Phi) is 1.73. The van der Waals surface area contributed by atoms with Crippen molar-refractivity contribution in [3.63, 3.8) is 0 Å². The summed E-state index contributed by atoms with van der Waals surface area (Å²) in [4.78, 5) is 18.1. The number of anilines is 2. The number of amides is 1. The molecule has 0 saturated heterocycles. The van der Waals surface area contributed by atoms with Gasteiger partial charge in [0.25, 0.3) is 0 Å². The summed E-state index contributed by atoms with van der Waals surface area (Å²) < 4.78 is 0. The Morgan fingerprint density at radius 1 is 1.38 bits per heavy atom. The molecule has 1 amide bonds. The second-order valence-corrected chi connectivity index (χ2v) is 3.78. The van der Waals surface area contributed by atoms with Crippen LogP contribution in [0.4, 0.5) is 11.6 Å². The quantitative estimate of drug-likeness (QED) is 0.665. The van der Waals surface area contributed by atoms with Crippen LogP contribution in [0.1, 0.15) is 5.56 Å². The van der Waals surface area contributed by atoms with Crippen molar-refractivity contribution in [2.24, 2.45) is 0 Å². The molecule has 1 aromatic carbocycles. The van der Waals surface area contributed by atoms with Crippen LogP contribution in [0.15, 0.2) is 24.4 Å². The zero-order valence-corrected chi connectivity index (χ0v) is 8.45. The Balaban J connectivity index is 2.05. The van der Waals surface area contributed by atoms with Crippen molar-refractivity contribution in [2.45, 2.75) is 6.42 Å². The Morgan fingerprint density at radius 2 is 2.25 bits per heavy atom. The first kappa shape index (κ1) is 8.96. The molecule has 0 aliphatic carbocycles. The summed E-state index contributed by atoms with van der Waals surface area (Å²) in [5.74, 6) is 0.431. The third-order valence-corrected chi connectivity index (χ3v) is 2.64. The van der Waals surface area contributed by atoms with E-state index in [1.54, 1.807) is 6.20 Å². The highest BCUT2D eigenvalue weighted by atomic mass is 16.1. The first-order valence-corrected chi connectivity index (χ1v) is 4.96. The number of aromatic amines is 1. The molecule has 5 nitrogen and oxygen atoms in total. The molecule has 0 bridgehead atoms. The number of hydrogen-bond acceptors (Lipinski definition) is 3. The number of H-pyrrole nitrogens is 1. The van der Waals surface area contributed by atoms with Gasteiger partial charge in [0, 0.05) is 11.3 Å². The number of imidazole rings is 1. The molecular formula is C11H10N4O. The van der Waals surface area contributed by atoms with E-state index in [0.29, 0.717) is 12.4 Å². The average Bonchev–Trinajstić information content (AvgIpc) is 2.81. The summed E-state index contributed by atoms with van der Waals surface area (Å²) in [6.45, 7) is 0. The van der Waals surface area contributed by atoms with Crippen LogP contribution in [0.2, 0.25) is 0 Å². The van der Waals surface area contributed by atoms with E-state index in [9.17, 15) is 4.79 Å². The molecule has 4 N–H and O–H groups in total. The van der Waals surface area contributed by atoms with E-state index >= 15 is 0 Å². The predicted molar refractivity (Wildman–Crippen MR) is 60.8 cm³/mol. The third-order valence-electron chi connectivity index (χ3n) is 2.64. The number of nitrogen functional groups attached to an aromatic ring is 1. The number of benzene rings is 1. The number of carbonyl (C=O) groups is 1. The van der Waals surface area contributed by atoms with Gasteiger partial charge in [-0.05, 0) is 17.7 Å². The minimum Gasteiger partial charge on any atom is -0.369 e. The zero-order valence-electron chi connectivity index (χ0n) is 8.45. The normalized spacial score (nSPS) is 13.6. The fraction of sp³-hybridized carbons (Fsp3) is 0.0909. The highest BCUT2D eigenvalue weighted by Crippen LogP contribution is 2.28. The molecule has 0 atom stereocenters. The minimum atomic E-state index is 0.0382. The Bertz CT molecular complexity index is 573. The van der Waals surface area contributed by atoms with Crippen molar-refractivity contribution >= 4 is 17.5 Å². The number of hydrogen-bond donors (Lipinski definition) is 3. The second kappa shape index (κ2) is 3.10. The molecule has 3 rings (SSSR count). The van der Waals surface area contributed by atoms with E-state index in [4.69, 9.17) is 5.73 Å². The number of aromatic nitrogens is 2. The predicted octanol–water partition coefficient (Wildman–Crippen LogP) is 1.15. The van der Waals surface area contributed by atoms with Crippen LogP contribution in [0.5, 0.6) is 0 Å². The van der Waals surface area contributed by atoms with Crippen LogP contribution < -0.4 is 11.1 Å². The van der Waals surface area contributed by atoms with E-state index < -0.39 is 0 Å². The van der Waals surface area contributed by atoms with Crippen LogP contribution in [-0.2, 0) is 11.2 Å². The van der Waals surface area contributed by atoms with Gasteiger partial charge in [-0.3, -0.25) is 4.79 Å². The summed E-state index contributed by atoms with van der Waals surface area (Å²) in [5.41, 5.74) is 9.26. The molecule has 0 fully saturated rings. The minimum absolute atomic E-state index is 0.0382. The molecule has 0 saturated carbocycles. The topological polar surface area (TPSA) is 83.8 Å². The van der Waals surface area contributed by atoms with Crippen molar-refractivity contribution in [3.05, 3.63) is 30.0 Å². The van der Waals surface area contributed by atoms with Crippen molar-refractivity contribution in [1.29, 1.82) is 0 Å². The van der Waals surface area contributed by atoms with Crippen LogP contribution in [0, 0.1) is 0 Å². The Morgan fingerprint density at radius 3 is 3.00 bits per heavy atom. The number of rotatable bonds is 1. The third kappa shape index (κ3) is 1.33. The van der Waals surface area contributed by atoms with Crippen LogP contribution in [0.25, 0.3) is 11.3 Å². The number of fused-ring (bicyclic) bond motifs is 1. The first-order chi connectivity index (χ1) is 7.72. The summed E-state index contributed by atoms with van der Waals surface area (Å²) >= 11 is 0. The van der Waals surface area contributed by atoms with Gasteiger partial charge in [0.15, 0.2) is 5.95 Å². The molecule has 16 heavy (non-hydrogen) atoms. The molecule has 80 valence electrons. The standard InChI is InChI=1S/C11H10N4O/c12-11-13-5-9(15-11)6-1-2-8-7(3-6)4-10(16)14-8/h1-3,5H,4H2,(H,14,16)(H3,12,13,15). The van der Waals surface area contributed by atoms with E-state index in [1.165, 1.54) is 0 Å². The van der Waals surface area contributed by atoms with E-state index in [0.717, 1.165) is 22.5 Å². The first-order valence-electron chi connectivity index (χ1n) is 4.96. The summed E-state index contributed by atoms with van der Waals surface area (Å²) in [7, 11) is 0. The van der Waals surface area contributed by atoms with Crippen molar-refractivity contribution in [2.75, 3.05) is 11.1 Å². The monoisotopic (exact) mass is 214 g/mol. The lowest BCUT2D eigenvalue weighted by molar-refractivity contribution is -0.115. The van der Waals surface area contributed by atoms with Crippen LogP contribution in [0.3, 0.4) is 0 Å². The highest BCUT2D eigenvalue weighted by Gasteiger charge is 2.17. The molecule has 1 aromatic heterocycles. The highest BCUT2D eigenvalue weighted by molar-refractivity contribution is 5.99. The Labute approximate surface area is 91.7 Å².